The first-order valence-corrected chi connectivity index (χ1v) is 8.74. The molecule has 0 unspecified atom stereocenters. The first-order chi connectivity index (χ1) is 13.1. The van der Waals surface area contributed by atoms with Crippen molar-refractivity contribution in [3.63, 3.8) is 0 Å². The number of nitriles is 1. The highest BCUT2D eigenvalue weighted by Crippen LogP contribution is 2.25. The van der Waals surface area contributed by atoms with Crippen LogP contribution in [-0.2, 0) is 0 Å². The second kappa shape index (κ2) is 6.58. The monoisotopic (exact) mass is 353 g/mol. The Balaban J connectivity index is 1.80. The lowest BCUT2D eigenvalue weighted by Crippen LogP contribution is -1.99. The molecule has 1 N–H and O–H groups in total. The molecule has 0 saturated carbocycles. The third kappa shape index (κ3) is 3.02. The van der Waals surface area contributed by atoms with Gasteiger partial charge in [0.2, 0.25) is 0 Å². The second-order valence-electron chi connectivity index (χ2n) is 6.65. The minimum absolute atomic E-state index is 0.510. The quantitative estimate of drug-likeness (QED) is 0.541. The third-order valence-corrected chi connectivity index (χ3v) is 4.69. The van der Waals surface area contributed by atoms with E-state index in [0.717, 1.165) is 39.2 Å². The molecule has 0 atom stereocenters. The van der Waals surface area contributed by atoms with Gasteiger partial charge in [0.1, 0.15) is 11.9 Å². The van der Waals surface area contributed by atoms with Crippen LogP contribution in [0.1, 0.15) is 28.3 Å². The fourth-order valence-electron chi connectivity index (χ4n) is 3.38. The Morgan fingerprint density at radius 2 is 2.04 bits per heavy atom. The largest absolute Gasteiger partial charge is 0.337 e. The number of allylic oxidation sites excluding steroid dienone is 1. The van der Waals surface area contributed by atoms with Crippen molar-refractivity contribution >= 4 is 22.7 Å². The number of hydrogen-bond donors (Lipinski definition) is 1. The number of nitrogens with zero attached hydrogens (tertiary/aromatic N) is 4. The molecule has 0 aliphatic heterocycles. The van der Waals surface area contributed by atoms with Gasteiger partial charge < -0.3 is 9.55 Å². The molecule has 0 fully saturated rings. The van der Waals surface area contributed by atoms with Gasteiger partial charge in [0.05, 0.1) is 28.5 Å². The minimum Gasteiger partial charge on any atom is -0.337 e. The average Bonchev–Trinajstić information content (AvgIpc) is 3.20. The highest BCUT2D eigenvalue weighted by Gasteiger charge is 2.13. The van der Waals surface area contributed by atoms with Crippen LogP contribution in [0.3, 0.4) is 0 Å². The summed E-state index contributed by atoms with van der Waals surface area (Å²) in [5.74, 6) is 0.587. The Morgan fingerprint density at radius 1 is 1.19 bits per heavy atom. The van der Waals surface area contributed by atoms with Crippen molar-refractivity contribution in [3.8, 4) is 11.8 Å². The molecule has 4 aromatic rings. The van der Waals surface area contributed by atoms with Crippen molar-refractivity contribution in [1.29, 1.82) is 5.26 Å². The minimum atomic E-state index is 0.510. The van der Waals surface area contributed by atoms with Gasteiger partial charge in [-0.3, -0.25) is 4.98 Å². The first kappa shape index (κ1) is 16.8. The number of fused-ring (bicyclic) bond motifs is 1. The van der Waals surface area contributed by atoms with Crippen LogP contribution >= 0.6 is 0 Å². The highest BCUT2D eigenvalue weighted by atomic mass is 15.0. The summed E-state index contributed by atoms with van der Waals surface area (Å²) in [6.07, 6.45) is 5.48. The molecule has 27 heavy (non-hydrogen) atoms. The zero-order valence-corrected chi connectivity index (χ0v) is 15.5. The maximum Gasteiger partial charge on any atom is 0.149 e. The topological polar surface area (TPSA) is 70.3 Å². The van der Waals surface area contributed by atoms with E-state index in [1.807, 2.05) is 63.4 Å². The van der Waals surface area contributed by atoms with Gasteiger partial charge in [0.15, 0.2) is 0 Å². The molecule has 3 aromatic heterocycles. The molecule has 5 heteroatoms. The number of aromatic nitrogens is 4. The first-order valence-electron chi connectivity index (χ1n) is 8.74. The van der Waals surface area contributed by atoms with E-state index >= 15 is 0 Å². The highest BCUT2D eigenvalue weighted by molar-refractivity contribution is 5.91. The summed E-state index contributed by atoms with van der Waals surface area (Å²) in [5, 5.41) is 9.71. The number of nitrogens with one attached hydrogen (secondary N) is 1. The van der Waals surface area contributed by atoms with Gasteiger partial charge in [-0.05, 0) is 68.3 Å². The van der Waals surface area contributed by atoms with E-state index in [1.165, 1.54) is 0 Å². The summed E-state index contributed by atoms with van der Waals surface area (Å²) in [5.41, 5.74) is 7.60. The number of aromatic amines is 1. The Kier molecular flexibility index (Phi) is 4.09. The van der Waals surface area contributed by atoms with E-state index in [4.69, 9.17) is 0 Å². The SMILES string of the molecule is Cc1ccc2nc(C(C#N)=Cc3cc(C)n(-c4cccnc4)c3C)[nH]c2c1. The number of H-pyrrole nitrogens is 1. The lowest BCUT2D eigenvalue weighted by atomic mass is 10.1. The number of imidazole rings is 1. The number of hydrogen-bond acceptors (Lipinski definition) is 3. The smallest absolute Gasteiger partial charge is 0.149 e. The van der Waals surface area contributed by atoms with Gasteiger partial charge in [-0.1, -0.05) is 6.07 Å². The van der Waals surface area contributed by atoms with Crippen LogP contribution in [0.2, 0.25) is 0 Å². The number of pyridine rings is 1. The zero-order valence-electron chi connectivity index (χ0n) is 15.5. The normalized spacial score (nSPS) is 11.7. The van der Waals surface area contributed by atoms with Crippen molar-refractivity contribution < 1.29 is 0 Å². The molecule has 3 heterocycles. The molecular formula is C22H19N5. The molecule has 4 rings (SSSR count). The van der Waals surface area contributed by atoms with Gasteiger partial charge in [-0.15, -0.1) is 0 Å². The molecule has 0 spiro atoms. The summed E-state index contributed by atoms with van der Waals surface area (Å²) in [6.45, 7) is 6.13. The van der Waals surface area contributed by atoms with E-state index in [1.54, 1.807) is 6.20 Å². The maximum absolute atomic E-state index is 9.71. The summed E-state index contributed by atoms with van der Waals surface area (Å²) in [6, 6.07) is 14.3. The molecule has 0 aliphatic rings. The van der Waals surface area contributed by atoms with Gasteiger partial charge in [0, 0.05) is 17.6 Å². The molecular weight excluding hydrogens is 334 g/mol. The third-order valence-electron chi connectivity index (χ3n) is 4.69. The summed E-state index contributed by atoms with van der Waals surface area (Å²) < 4.78 is 2.13. The van der Waals surface area contributed by atoms with Crippen LogP contribution in [0.4, 0.5) is 0 Å². The summed E-state index contributed by atoms with van der Waals surface area (Å²) in [7, 11) is 0. The Bertz CT molecular complexity index is 1200. The summed E-state index contributed by atoms with van der Waals surface area (Å²) in [4.78, 5) is 12.0. The van der Waals surface area contributed by atoms with Crippen molar-refractivity contribution in [1.82, 2.24) is 19.5 Å². The van der Waals surface area contributed by atoms with Crippen LogP contribution in [0.25, 0.3) is 28.4 Å². The standard InChI is InChI=1S/C22H19N5/c1-14-6-7-20-21(9-14)26-22(25-20)18(12-23)11-17-10-15(2)27(16(17)3)19-5-4-8-24-13-19/h4-11,13H,1-3H3,(H,25,26). The van der Waals surface area contributed by atoms with E-state index in [2.05, 4.69) is 31.7 Å². The van der Waals surface area contributed by atoms with Crippen molar-refractivity contribution in [2.75, 3.05) is 0 Å². The predicted octanol–water partition coefficient (Wildman–Crippen LogP) is 4.74. The zero-order chi connectivity index (χ0) is 19.0. The van der Waals surface area contributed by atoms with Crippen molar-refractivity contribution in [2.24, 2.45) is 0 Å². The number of rotatable bonds is 3. The second-order valence-corrected chi connectivity index (χ2v) is 6.65. The molecule has 5 nitrogen and oxygen atoms in total. The Morgan fingerprint density at radius 3 is 2.78 bits per heavy atom. The van der Waals surface area contributed by atoms with E-state index in [0.29, 0.717) is 11.4 Å². The van der Waals surface area contributed by atoms with E-state index in [9.17, 15) is 5.26 Å². The van der Waals surface area contributed by atoms with Crippen LogP contribution in [0.15, 0.2) is 48.8 Å². The lowest BCUT2D eigenvalue weighted by molar-refractivity contribution is 0.954. The number of aryl methyl sites for hydroxylation is 2. The maximum atomic E-state index is 9.71. The van der Waals surface area contributed by atoms with Crippen molar-refractivity contribution in [2.45, 2.75) is 20.8 Å². The fraction of sp³-hybridized carbons (Fsp3) is 0.136. The van der Waals surface area contributed by atoms with E-state index < -0.39 is 0 Å². The average molecular weight is 353 g/mol. The van der Waals surface area contributed by atoms with Crippen LogP contribution < -0.4 is 0 Å². The van der Waals surface area contributed by atoms with Crippen LogP contribution in [-0.4, -0.2) is 19.5 Å². The Hall–Kier alpha value is -3.65. The van der Waals surface area contributed by atoms with Gasteiger partial charge in [-0.25, -0.2) is 4.98 Å². The molecule has 0 bridgehead atoms. The predicted molar refractivity (Wildman–Crippen MR) is 107 cm³/mol. The molecule has 0 amide bonds. The molecule has 0 saturated heterocycles. The van der Waals surface area contributed by atoms with Crippen LogP contribution in [0, 0.1) is 32.1 Å². The fourth-order valence-corrected chi connectivity index (χ4v) is 3.38. The van der Waals surface area contributed by atoms with Crippen LogP contribution in [0.5, 0.6) is 0 Å². The van der Waals surface area contributed by atoms with Gasteiger partial charge in [-0.2, -0.15) is 5.26 Å². The van der Waals surface area contributed by atoms with Gasteiger partial charge >= 0.3 is 0 Å². The number of benzene rings is 1. The molecule has 0 aliphatic carbocycles. The molecule has 132 valence electrons. The molecule has 1 aromatic carbocycles. The van der Waals surface area contributed by atoms with Crippen molar-refractivity contribution in [3.05, 3.63) is 77.1 Å². The summed E-state index contributed by atoms with van der Waals surface area (Å²) >= 11 is 0. The van der Waals surface area contributed by atoms with E-state index in [-0.39, 0.29) is 0 Å². The van der Waals surface area contributed by atoms with Gasteiger partial charge in [0.25, 0.3) is 0 Å². The lowest BCUT2D eigenvalue weighted by Gasteiger charge is -2.08. The Labute approximate surface area is 157 Å². The molecule has 0 radical (unpaired) electrons.